The van der Waals surface area contributed by atoms with Crippen LogP contribution in [0.25, 0.3) is 0 Å². The summed E-state index contributed by atoms with van der Waals surface area (Å²) < 4.78 is 0. The maximum Gasteiger partial charge on any atom is 0.236 e. The van der Waals surface area contributed by atoms with Crippen LogP contribution in [0.15, 0.2) is 0 Å². The summed E-state index contributed by atoms with van der Waals surface area (Å²) in [4.78, 5) is 13.6. The Bertz CT molecular complexity index is 239. The fourth-order valence-corrected chi connectivity index (χ4v) is 1.62. The van der Waals surface area contributed by atoms with Gasteiger partial charge in [0.1, 0.15) is 0 Å². The normalized spacial score (nSPS) is 19.2. The lowest BCUT2D eigenvalue weighted by molar-refractivity contribution is -0.130. The number of aliphatic hydroxyl groups excluding tert-OH is 1. The summed E-state index contributed by atoms with van der Waals surface area (Å²) in [6.45, 7) is 4.37. The second kappa shape index (κ2) is 5.61. The zero-order valence-electron chi connectivity index (χ0n) is 10.1. The van der Waals surface area contributed by atoms with E-state index in [9.17, 15) is 9.90 Å². The fourth-order valence-electron chi connectivity index (χ4n) is 1.62. The number of hydrogen-bond acceptors (Lipinski definition) is 4. The molecule has 1 saturated carbocycles. The van der Waals surface area contributed by atoms with Gasteiger partial charge < -0.3 is 20.4 Å². The molecule has 0 aromatic carbocycles. The first-order valence-electron chi connectivity index (χ1n) is 5.83. The molecule has 1 aliphatic carbocycles. The predicted molar refractivity (Wildman–Crippen MR) is 61.0 cm³/mol. The van der Waals surface area contributed by atoms with E-state index in [1.807, 2.05) is 11.8 Å². The van der Waals surface area contributed by atoms with Crippen molar-refractivity contribution in [1.29, 1.82) is 0 Å². The van der Waals surface area contributed by atoms with Crippen LogP contribution in [0.1, 0.15) is 26.7 Å². The maximum atomic E-state index is 11.7. The summed E-state index contributed by atoms with van der Waals surface area (Å²) in [5, 5.41) is 21.2. The van der Waals surface area contributed by atoms with E-state index in [0.717, 1.165) is 19.4 Å². The van der Waals surface area contributed by atoms with E-state index < -0.39 is 5.60 Å². The first-order chi connectivity index (χ1) is 7.50. The van der Waals surface area contributed by atoms with Crippen LogP contribution in [0.5, 0.6) is 0 Å². The zero-order valence-corrected chi connectivity index (χ0v) is 10.1. The summed E-state index contributed by atoms with van der Waals surface area (Å²) >= 11 is 0. The molecule has 0 heterocycles. The van der Waals surface area contributed by atoms with Gasteiger partial charge in [-0.2, -0.15) is 0 Å². The Balaban J connectivity index is 2.23. The third kappa shape index (κ3) is 4.08. The van der Waals surface area contributed by atoms with E-state index in [1.54, 1.807) is 0 Å². The summed E-state index contributed by atoms with van der Waals surface area (Å²) in [5.41, 5.74) is -1.16. The molecule has 5 nitrogen and oxygen atoms in total. The molecule has 0 radical (unpaired) electrons. The van der Waals surface area contributed by atoms with Gasteiger partial charge in [0.2, 0.25) is 5.91 Å². The molecule has 0 spiro atoms. The van der Waals surface area contributed by atoms with Crippen molar-refractivity contribution in [3.63, 3.8) is 0 Å². The number of rotatable bonds is 7. The minimum atomic E-state index is -1.16. The highest BCUT2D eigenvalue weighted by Gasteiger charge is 2.31. The van der Waals surface area contributed by atoms with Crippen LogP contribution >= 0.6 is 0 Å². The van der Waals surface area contributed by atoms with Crippen LogP contribution in [0.3, 0.4) is 0 Å². The fraction of sp³-hybridized carbons (Fsp3) is 0.909. The van der Waals surface area contributed by atoms with Crippen molar-refractivity contribution < 1.29 is 15.0 Å². The summed E-state index contributed by atoms with van der Waals surface area (Å²) in [5.74, 6) is 0.0683. The van der Waals surface area contributed by atoms with Crippen LogP contribution in [0, 0.1) is 0 Å². The molecular weight excluding hydrogens is 208 g/mol. The van der Waals surface area contributed by atoms with E-state index in [2.05, 4.69) is 5.32 Å². The van der Waals surface area contributed by atoms with Crippen molar-refractivity contribution >= 4 is 5.91 Å². The lowest BCUT2D eigenvalue weighted by atomic mass is 10.1. The van der Waals surface area contributed by atoms with E-state index >= 15 is 0 Å². The topological polar surface area (TPSA) is 72.8 Å². The minimum absolute atomic E-state index is 0.0683. The maximum absolute atomic E-state index is 11.7. The Morgan fingerprint density at radius 3 is 2.62 bits per heavy atom. The quantitative estimate of drug-likeness (QED) is 0.542. The third-order valence-corrected chi connectivity index (χ3v) is 2.77. The Kier molecular flexibility index (Phi) is 4.70. The van der Waals surface area contributed by atoms with E-state index in [1.165, 1.54) is 6.92 Å². The molecule has 0 saturated heterocycles. The minimum Gasteiger partial charge on any atom is -0.393 e. The predicted octanol–water partition coefficient (Wildman–Crippen LogP) is -0.670. The second-order valence-corrected chi connectivity index (χ2v) is 4.67. The van der Waals surface area contributed by atoms with Crippen LogP contribution in [-0.4, -0.2) is 58.9 Å². The molecule has 1 rings (SSSR count). The van der Waals surface area contributed by atoms with Gasteiger partial charge in [-0.1, -0.05) is 0 Å². The average Bonchev–Trinajstić information content (AvgIpc) is 3.03. The lowest BCUT2D eigenvalue weighted by Gasteiger charge is -2.23. The molecule has 0 aromatic heterocycles. The molecule has 0 bridgehead atoms. The Morgan fingerprint density at radius 2 is 2.19 bits per heavy atom. The van der Waals surface area contributed by atoms with Gasteiger partial charge in [0, 0.05) is 19.1 Å². The smallest absolute Gasteiger partial charge is 0.236 e. The molecule has 5 heteroatoms. The molecule has 1 amide bonds. The number of nitrogens with zero attached hydrogens (tertiary/aromatic N) is 1. The Hall–Kier alpha value is -0.650. The van der Waals surface area contributed by atoms with Gasteiger partial charge in [0.15, 0.2) is 0 Å². The number of carbonyl (C=O) groups excluding carboxylic acids is 1. The number of aliphatic hydroxyl groups is 2. The van der Waals surface area contributed by atoms with Crippen molar-refractivity contribution in [2.75, 3.05) is 26.2 Å². The molecule has 3 N–H and O–H groups in total. The summed E-state index contributed by atoms with van der Waals surface area (Å²) in [6, 6.07) is 0.428. The molecule has 94 valence electrons. The van der Waals surface area contributed by atoms with E-state index in [4.69, 9.17) is 5.11 Å². The largest absolute Gasteiger partial charge is 0.393 e. The number of amides is 1. The van der Waals surface area contributed by atoms with E-state index in [0.29, 0.717) is 6.04 Å². The second-order valence-electron chi connectivity index (χ2n) is 4.67. The molecule has 0 aliphatic heterocycles. The van der Waals surface area contributed by atoms with Gasteiger partial charge in [0.25, 0.3) is 0 Å². The van der Waals surface area contributed by atoms with Gasteiger partial charge in [-0.05, 0) is 26.7 Å². The van der Waals surface area contributed by atoms with Gasteiger partial charge >= 0.3 is 0 Å². The van der Waals surface area contributed by atoms with Crippen LogP contribution in [-0.2, 0) is 4.79 Å². The number of likely N-dealkylation sites (N-methyl/N-ethyl adjacent to an activating group) is 1. The zero-order chi connectivity index (χ0) is 12.2. The SMILES string of the molecule is CCN(C(=O)CNCC(C)(O)CO)C1CC1. The first kappa shape index (κ1) is 13.4. The van der Waals surface area contributed by atoms with Gasteiger partial charge in [-0.25, -0.2) is 0 Å². The highest BCUT2D eigenvalue weighted by Crippen LogP contribution is 2.26. The standard InChI is InChI=1S/C11H22N2O3/c1-3-13(9-4-5-9)10(15)6-12-7-11(2,16)8-14/h9,12,14,16H,3-8H2,1-2H3. The molecule has 1 fully saturated rings. The molecule has 1 atom stereocenters. The first-order valence-corrected chi connectivity index (χ1v) is 5.83. The van der Waals surface area contributed by atoms with Crippen molar-refractivity contribution in [3.05, 3.63) is 0 Å². The van der Waals surface area contributed by atoms with Crippen molar-refractivity contribution in [1.82, 2.24) is 10.2 Å². The van der Waals surface area contributed by atoms with Crippen molar-refractivity contribution in [2.24, 2.45) is 0 Å². The summed E-state index contributed by atoms with van der Waals surface area (Å²) in [6.07, 6.45) is 2.21. The highest BCUT2D eigenvalue weighted by molar-refractivity contribution is 5.78. The van der Waals surface area contributed by atoms with Gasteiger partial charge in [-0.3, -0.25) is 4.79 Å². The molecule has 1 aliphatic rings. The number of nitrogens with one attached hydrogen (secondary N) is 1. The van der Waals surface area contributed by atoms with E-state index in [-0.39, 0.29) is 25.6 Å². The third-order valence-electron chi connectivity index (χ3n) is 2.77. The number of hydrogen-bond donors (Lipinski definition) is 3. The van der Waals surface area contributed by atoms with Crippen LogP contribution < -0.4 is 5.32 Å². The lowest BCUT2D eigenvalue weighted by Crippen LogP contribution is -2.46. The molecular formula is C11H22N2O3. The average molecular weight is 230 g/mol. The highest BCUT2D eigenvalue weighted by atomic mass is 16.3. The van der Waals surface area contributed by atoms with Gasteiger partial charge in [0.05, 0.1) is 18.8 Å². The van der Waals surface area contributed by atoms with Crippen LogP contribution in [0.4, 0.5) is 0 Å². The number of carbonyl (C=O) groups is 1. The Morgan fingerprint density at radius 1 is 1.56 bits per heavy atom. The van der Waals surface area contributed by atoms with Gasteiger partial charge in [-0.15, -0.1) is 0 Å². The Labute approximate surface area is 96.4 Å². The molecule has 1 unspecified atom stereocenters. The molecule has 16 heavy (non-hydrogen) atoms. The van der Waals surface area contributed by atoms with Crippen molar-refractivity contribution in [3.8, 4) is 0 Å². The van der Waals surface area contributed by atoms with Crippen molar-refractivity contribution in [2.45, 2.75) is 38.3 Å². The van der Waals surface area contributed by atoms with Crippen LogP contribution in [0.2, 0.25) is 0 Å². The summed E-state index contributed by atoms with van der Waals surface area (Å²) in [7, 11) is 0. The molecule has 0 aromatic rings. The monoisotopic (exact) mass is 230 g/mol.